The Morgan fingerprint density at radius 2 is 1.56 bits per heavy atom. The molecular formula is C16H10BO. The maximum absolute atomic E-state index is 6.06. The van der Waals surface area contributed by atoms with Crippen LogP contribution in [0.15, 0.2) is 60.7 Å². The molecule has 0 N–H and O–H groups in total. The minimum absolute atomic E-state index is 0.932. The maximum Gasteiger partial charge on any atom is 0.201 e. The zero-order valence-corrected chi connectivity index (χ0v) is 9.76. The summed E-state index contributed by atoms with van der Waals surface area (Å²) >= 11 is 0. The Balaban J connectivity index is 1.98. The summed E-state index contributed by atoms with van der Waals surface area (Å²) in [6.07, 6.45) is 0. The lowest BCUT2D eigenvalue weighted by Gasteiger charge is -2.21. The minimum atomic E-state index is 0.932. The number of rotatable bonds is 0. The van der Waals surface area contributed by atoms with Crippen molar-refractivity contribution in [1.29, 1.82) is 0 Å². The largest absolute Gasteiger partial charge is 0.458 e. The van der Waals surface area contributed by atoms with Gasteiger partial charge in [-0.05, 0) is 22.4 Å². The molecule has 0 unspecified atom stereocenters. The van der Waals surface area contributed by atoms with Crippen LogP contribution in [0.1, 0.15) is 0 Å². The lowest BCUT2D eigenvalue weighted by molar-refractivity contribution is 0.493. The molecule has 3 aromatic carbocycles. The summed E-state index contributed by atoms with van der Waals surface area (Å²) in [5.74, 6) is 1.90. The van der Waals surface area contributed by atoms with E-state index in [0.717, 1.165) is 22.4 Å². The van der Waals surface area contributed by atoms with Crippen molar-refractivity contribution in [2.45, 2.75) is 0 Å². The van der Waals surface area contributed by atoms with Crippen LogP contribution in [0.2, 0.25) is 0 Å². The maximum atomic E-state index is 6.06. The first kappa shape index (κ1) is 9.78. The van der Waals surface area contributed by atoms with Crippen LogP contribution < -0.4 is 15.7 Å². The Hall–Kier alpha value is -2.22. The van der Waals surface area contributed by atoms with Crippen molar-refractivity contribution in [3.05, 3.63) is 60.7 Å². The molecule has 1 aliphatic heterocycles. The lowest BCUT2D eigenvalue weighted by atomic mass is 9.61. The first-order valence-corrected chi connectivity index (χ1v) is 6.05. The van der Waals surface area contributed by atoms with E-state index >= 15 is 0 Å². The molecular weight excluding hydrogens is 219 g/mol. The molecule has 0 atom stereocenters. The van der Waals surface area contributed by atoms with Gasteiger partial charge in [-0.1, -0.05) is 54.6 Å². The molecule has 1 aliphatic rings. The summed E-state index contributed by atoms with van der Waals surface area (Å²) in [4.78, 5) is 0. The van der Waals surface area contributed by atoms with E-state index in [9.17, 15) is 0 Å². The van der Waals surface area contributed by atoms with E-state index < -0.39 is 0 Å². The van der Waals surface area contributed by atoms with E-state index in [1.54, 1.807) is 0 Å². The minimum Gasteiger partial charge on any atom is -0.458 e. The molecule has 0 saturated carbocycles. The Labute approximate surface area is 106 Å². The second-order valence-corrected chi connectivity index (χ2v) is 4.49. The van der Waals surface area contributed by atoms with Gasteiger partial charge in [0.05, 0.1) is 0 Å². The standard InChI is InChI=1S/C16H10BO/c1-2-6-12-11(5-1)9-10-14-16(12)18-15-8-4-3-7-13(15)17-14/h1-10H. The number of ether oxygens (including phenoxy) is 1. The van der Waals surface area contributed by atoms with Gasteiger partial charge in [0.1, 0.15) is 11.5 Å². The van der Waals surface area contributed by atoms with Crippen molar-refractivity contribution in [3.63, 3.8) is 0 Å². The van der Waals surface area contributed by atoms with Gasteiger partial charge in [-0.15, -0.1) is 0 Å². The van der Waals surface area contributed by atoms with Crippen LogP contribution in [0.25, 0.3) is 10.8 Å². The first-order chi connectivity index (χ1) is 8.92. The van der Waals surface area contributed by atoms with Crippen LogP contribution in [0.4, 0.5) is 0 Å². The van der Waals surface area contributed by atoms with E-state index in [0.29, 0.717) is 0 Å². The third kappa shape index (κ3) is 1.35. The van der Waals surface area contributed by atoms with Crippen LogP contribution in [-0.2, 0) is 0 Å². The van der Waals surface area contributed by atoms with E-state index in [2.05, 4.69) is 43.7 Å². The summed E-state index contributed by atoms with van der Waals surface area (Å²) in [5, 5.41) is 2.38. The van der Waals surface area contributed by atoms with Crippen molar-refractivity contribution >= 4 is 29.0 Å². The molecule has 1 heterocycles. The molecule has 3 aromatic rings. The molecule has 0 fully saturated rings. The zero-order chi connectivity index (χ0) is 11.9. The molecule has 0 bridgehead atoms. The second-order valence-electron chi connectivity index (χ2n) is 4.49. The topological polar surface area (TPSA) is 9.23 Å². The molecule has 18 heavy (non-hydrogen) atoms. The molecule has 0 aliphatic carbocycles. The smallest absolute Gasteiger partial charge is 0.201 e. The molecule has 0 amide bonds. The van der Waals surface area contributed by atoms with Crippen molar-refractivity contribution < 1.29 is 4.74 Å². The zero-order valence-electron chi connectivity index (χ0n) is 9.76. The highest BCUT2D eigenvalue weighted by Crippen LogP contribution is 2.29. The van der Waals surface area contributed by atoms with Gasteiger partial charge in [-0.2, -0.15) is 0 Å². The molecule has 1 radical (unpaired) electrons. The summed E-state index contributed by atoms with van der Waals surface area (Å²) < 4.78 is 6.06. The monoisotopic (exact) mass is 229 g/mol. The van der Waals surface area contributed by atoms with Gasteiger partial charge in [-0.25, -0.2) is 0 Å². The molecule has 0 spiro atoms. The Morgan fingerprint density at radius 3 is 2.56 bits per heavy atom. The molecule has 83 valence electrons. The fourth-order valence-electron chi connectivity index (χ4n) is 2.46. The van der Waals surface area contributed by atoms with Gasteiger partial charge in [0.25, 0.3) is 0 Å². The van der Waals surface area contributed by atoms with Crippen molar-refractivity contribution in [3.8, 4) is 11.5 Å². The molecule has 0 saturated heterocycles. The Morgan fingerprint density at radius 1 is 0.722 bits per heavy atom. The summed E-state index contributed by atoms with van der Waals surface area (Å²) in [6, 6.07) is 20.7. The number of hydrogen-bond donors (Lipinski definition) is 0. The predicted molar refractivity (Wildman–Crippen MR) is 75.5 cm³/mol. The van der Waals surface area contributed by atoms with Gasteiger partial charge < -0.3 is 4.74 Å². The predicted octanol–water partition coefficient (Wildman–Crippen LogP) is 2.60. The Kier molecular flexibility index (Phi) is 1.98. The van der Waals surface area contributed by atoms with Crippen molar-refractivity contribution in [1.82, 2.24) is 0 Å². The fraction of sp³-hybridized carbons (Fsp3) is 0. The van der Waals surface area contributed by atoms with Gasteiger partial charge in [0, 0.05) is 5.39 Å². The first-order valence-electron chi connectivity index (χ1n) is 6.05. The van der Waals surface area contributed by atoms with Crippen molar-refractivity contribution in [2.75, 3.05) is 0 Å². The molecule has 0 aromatic heterocycles. The summed E-state index contributed by atoms with van der Waals surface area (Å²) in [6.45, 7) is 0. The fourth-order valence-corrected chi connectivity index (χ4v) is 2.46. The van der Waals surface area contributed by atoms with Crippen LogP contribution in [0, 0.1) is 0 Å². The Bertz CT molecular complexity index is 749. The highest BCUT2D eigenvalue weighted by molar-refractivity contribution is 6.70. The second kappa shape index (κ2) is 3.64. The highest BCUT2D eigenvalue weighted by Gasteiger charge is 2.19. The average Bonchev–Trinajstić information content (AvgIpc) is 2.45. The van der Waals surface area contributed by atoms with Crippen LogP contribution in [0.5, 0.6) is 11.5 Å². The van der Waals surface area contributed by atoms with Crippen molar-refractivity contribution in [2.24, 2.45) is 0 Å². The SMILES string of the molecule is [B]1c2ccccc2Oc2c1ccc1ccccc21. The van der Waals surface area contributed by atoms with Crippen LogP contribution in [0.3, 0.4) is 0 Å². The van der Waals surface area contributed by atoms with E-state index in [-0.39, 0.29) is 0 Å². The average molecular weight is 229 g/mol. The number of benzene rings is 3. The summed E-state index contributed by atoms with van der Waals surface area (Å²) in [7, 11) is 2.18. The molecule has 2 heteroatoms. The molecule has 1 nitrogen and oxygen atoms in total. The number of para-hydroxylation sites is 1. The lowest BCUT2D eigenvalue weighted by Crippen LogP contribution is -2.33. The van der Waals surface area contributed by atoms with Gasteiger partial charge in [0.2, 0.25) is 7.28 Å². The van der Waals surface area contributed by atoms with Crippen LogP contribution >= 0.6 is 0 Å². The molecule has 4 rings (SSSR count). The third-order valence-electron chi connectivity index (χ3n) is 3.35. The number of fused-ring (bicyclic) bond motifs is 4. The van der Waals surface area contributed by atoms with E-state index in [4.69, 9.17) is 4.74 Å². The van der Waals surface area contributed by atoms with Gasteiger partial charge in [0.15, 0.2) is 0 Å². The van der Waals surface area contributed by atoms with Crippen LogP contribution in [-0.4, -0.2) is 7.28 Å². The highest BCUT2D eigenvalue weighted by atomic mass is 16.5. The van der Waals surface area contributed by atoms with Gasteiger partial charge >= 0.3 is 0 Å². The third-order valence-corrected chi connectivity index (χ3v) is 3.35. The van der Waals surface area contributed by atoms with E-state index in [1.165, 1.54) is 10.8 Å². The normalized spacial score (nSPS) is 12.2. The summed E-state index contributed by atoms with van der Waals surface area (Å²) in [5.41, 5.74) is 2.28. The number of hydrogen-bond acceptors (Lipinski definition) is 1. The quantitative estimate of drug-likeness (QED) is 0.421. The van der Waals surface area contributed by atoms with Gasteiger partial charge in [-0.3, -0.25) is 0 Å². The van der Waals surface area contributed by atoms with E-state index in [1.807, 2.05) is 24.3 Å².